The first kappa shape index (κ1) is 18.4. The predicted molar refractivity (Wildman–Crippen MR) is 86.5 cm³/mol. The lowest BCUT2D eigenvalue weighted by molar-refractivity contribution is -0.148. The Bertz CT molecular complexity index is 333. The molecule has 1 saturated heterocycles. The molecule has 1 aliphatic heterocycles. The standard InChI is InChI=1S/C16H33N3O2/c1-7-17-16(5,14(20)21-6)8-9-18-10-12-19(13-11-18)15(2,3)4/h17H,7-13H2,1-6H3. The normalized spacial score (nSPS) is 21.0. The van der Waals surface area contributed by atoms with Crippen LogP contribution in [-0.2, 0) is 9.53 Å². The average Bonchev–Trinajstić information content (AvgIpc) is 2.44. The number of hydrogen-bond donors (Lipinski definition) is 1. The molecule has 0 spiro atoms. The van der Waals surface area contributed by atoms with E-state index in [1.165, 1.54) is 7.11 Å². The Hall–Kier alpha value is -0.650. The Morgan fingerprint density at radius 3 is 2.14 bits per heavy atom. The smallest absolute Gasteiger partial charge is 0.325 e. The third kappa shape index (κ3) is 5.24. The van der Waals surface area contributed by atoms with E-state index < -0.39 is 5.54 Å². The van der Waals surface area contributed by atoms with Crippen LogP contribution in [0.2, 0.25) is 0 Å². The Morgan fingerprint density at radius 1 is 1.14 bits per heavy atom. The van der Waals surface area contributed by atoms with Crippen LogP contribution in [0.5, 0.6) is 0 Å². The molecule has 5 nitrogen and oxygen atoms in total. The number of piperazine rings is 1. The molecule has 1 unspecified atom stereocenters. The highest BCUT2D eigenvalue weighted by molar-refractivity contribution is 5.80. The maximum atomic E-state index is 12.0. The van der Waals surface area contributed by atoms with Gasteiger partial charge < -0.3 is 15.0 Å². The van der Waals surface area contributed by atoms with Crippen molar-refractivity contribution in [3.63, 3.8) is 0 Å². The van der Waals surface area contributed by atoms with Crippen LogP contribution in [-0.4, -0.2) is 73.2 Å². The first-order valence-corrected chi connectivity index (χ1v) is 8.04. The number of hydrogen-bond acceptors (Lipinski definition) is 5. The first-order chi connectivity index (χ1) is 9.73. The van der Waals surface area contributed by atoms with Gasteiger partial charge in [-0.05, 0) is 40.7 Å². The fourth-order valence-electron chi connectivity index (χ4n) is 2.90. The maximum absolute atomic E-state index is 12.0. The van der Waals surface area contributed by atoms with E-state index in [-0.39, 0.29) is 11.5 Å². The van der Waals surface area contributed by atoms with Gasteiger partial charge in [-0.2, -0.15) is 0 Å². The van der Waals surface area contributed by atoms with Crippen molar-refractivity contribution in [2.24, 2.45) is 0 Å². The van der Waals surface area contributed by atoms with E-state index in [1.807, 2.05) is 13.8 Å². The van der Waals surface area contributed by atoms with Gasteiger partial charge in [0.1, 0.15) is 5.54 Å². The van der Waals surface area contributed by atoms with Gasteiger partial charge in [-0.25, -0.2) is 0 Å². The van der Waals surface area contributed by atoms with Gasteiger partial charge in [-0.3, -0.25) is 9.69 Å². The molecule has 0 aromatic carbocycles. The number of rotatable bonds is 6. The molecular weight excluding hydrogens is 266 g/mol. The number of ether oxygens (including phenoxy) is 1. The lowest BCUT2D eigenvalue weighted by Gasteiger charge is -2.43. The Balaban J connectivity index is 2.46. The summed E-state index contributed by atoms with van der Waals surface area (Å²) in [6, 6.07) is 0. The summed E-state index contributed by atoms with van der Waals surface area (Å²) in [4.78, 5) is 16.9. The zero-order valence-corrected chi connectivity index (χ0v) is 14.7. The third-order valence-electron chi connectivity index (χ3n) is 4.45. The zero-order chi connectivity index (χ0) is 16.1. The van der Waals surface area contributed by atoms with Crippen molar-refractivity contribution in [1.29, 1.82) is 0 Å². The van der Waals surface area contributed by atoms with E-state index in [4.69, 9.17) is 4.74 Å². The molecule has 5 heteroatoms. The summed E-state index contributed by atoms with van der Waals surface area (Å²) in [7, 11) is 1.46. The van der Waals surface area contributed by atoms with Crippen LogP contribution in [0.25, 0.3) is 0 Å². The number of carbonyl (C=O) groups excluding carboxylic acids is 1. The van der Waals surface area contributed by atoms with Gasteiger partial charge in [0.15, 0.2) is 0 Å². The van der Waals surface area contributed by atoms with E-state index in [0.29, 0.717) is 0 Å². The summed E-state index contributed by atoms with van der Waals surface area (Å²) < 4.78 is 4.94. The highest BCUT2D eigenvalue weighted by Gasteiger charge is 2.34. The summed E-state index contributed by atoms with van der Waals surface area (Å²) in [5, 5.41) is 3.27. The Morgan fingerprint density at radius 2 is 1.71 bits per heavy atom. The quantitative estimate of drug-likeness (QED) is 0.750. The zero-order valence-electron chi connectivity index (χ0n) is 14.7. The molecule has 1 N–H and O–H groups in total. The van der Waals surface area contributed by atoms with E-state index in [2.05, 4.69) is 35.9 Å². The van der Waals surface area contributed by atoms with Gasteiger partial charge in [0.05, 0.1) is 7.11 Å². The topological polar surface area (TPSA) is 44.8 Å². The molecule has 0 aliphatic carbocycles. The van der Waals surface area contributed by atoms with Gasteiger partial charge in [-0.1, -0.05) is 6.92 Å². The van der Waals surface area contributed by atoms with Crippen LogP contribution in [0.1, 0.15) is 41.0 Å². The van der Waals surface area contributed by atoms with Gasteiger partial charge >= 0.3 is 5.97 Å². The fraction of sp³-hybridized carbons (Fsp3) is 0.938. The lowest BCUT2D eigenvalue weighted by atomic mass is 9.97. The van der Waals surface area contributed by atoms with Crippen molar-refractivity contribution < 1.29 is 9.53 Å². The van der Waals surface area contributed by atoms with Gasteiger partial charge in [0.2, 0.25) is 0 Å². The molecule has 0 bridgehead atoms. The van der Waals surface area contributed by atoms with Crippen LogP contribution in [0, 0.1) is 0 Å². The molecule has 0 amide bonds. The molecule has 1 fully saturated rings. The van der Waals surface area contributed by atoms with Crippen LogP contribution >= 0.6 is 0 Å². The second-order valence-electron chi connectivity index (χ2n) is 7.10. The number of methoxy groups -OCH3 is 1. The number of esters is 1. The summed E-state index contributed by atoms with van der Waals surface area (Å²) in [6.45, 7) is 16.8. The molecule has 0 aromatic heterocycles. The predicted octanol–water partition coefficient (Wildman–Crippen LogP) is 1.33. The molecule has 1 aliphatic rings. The van der Waals surface area contributed by atoms with Crippen LogP contribution in [0.4, 0.5) is 0 Å². The highest BCUT2D eigenvalue weighted by atomic mass is 16.5. The molecule has 21 heavy (non-hydrogen) atoms. The Kier molecular flexibility index (Phi) is 6.63. The number of nitrogens with zero attached hydrogens (tertiary/aromatic N) is 2. The molecule has 0 radical (unpaired) electrons. The molecule has 1 heterocycles. The van der Waals surface area contributed by atoms with Gasteiger partial charge in [0, 0.05) is 38.3 Å². The Labute approximate surface area is 130 Å². The van der Waals surface area contributed by atoms with Crippen LogP contribution < -0.4 is 5.32 Å². The van der Waals surface area contributed by atoms with Crippen molar-refractivity contribution in [2.45, 2.75) is 52.1 Å². The SMILES string of the molecule is CCNC(C)(CCN1CCN(C(C)(C)C)CC1)C(=O)OC. The maximum Gasteiger partial charge on any atom is 0.325 e. The lowest BCUT2D eigenvalue weighted by Crippen LogP contribution is -2.56. The summed E-state index contributed by atoms with van der Waals surface area (Å²) >= 11 is 0. The number of likely N-dealkylation sites (N-methyl/N-ethyl adjacent to an activating group) is 1. The van der Waals surface area contributed by atoms with E-state index in [9.17, 15) is 4.79 Å². The summed E-state index contributed by atoms with van der Waals surface area (Å²) in [6.07, 6.45) is 0.781. The minimum atomic E-state index is -0.579. The summed E-state index contributed by atoms with van der Waals surface area (Å²) in [5.41, 5.74) is -0.332. The molecule has 1 rings (SSSR count). The molecule has 0 aromatic rings. The largest absolute Gasteiger partial charge is 0.468 e. The fourth-order valence-corrected chi connectivity index (χ4v) is 2.90. The van der Waals surface area contributed by atoms with Crippen molar-refractivity contribution in [3.05, 3.63) is 0 Å². The molecular formula is C16H33N3O2. The number of carbonyl (C=O) groups is 1. The van der Waals surface area contributed by atoms with Crippen molar-refractivity contribution in [1.82, 2.24) is 15.1 Å². The monoisotopic (exact) mass is 299 g/mol. The van der Waals surface area contributed by atoms with Crippen molar-refractivity contribution in [2.75, 3.05) is 46.4 Å². The summed E-state index contributed by atoms with van der Waals surface area (Å²) in [5.74, 6) is -0.169. The highest BCUT2D eigenvalue weighted by Crippen LogP contribution is 2.18. The molecule has 0 saturated carbocycles. The van der Waals surface area contributed by atoms with Gasteiger partial charge in [-0.15, -0.1) is 0 Å². The van der Waals surface area contributed by atoms with E-state index in [1.54, 1.807) is 0 Å². The van der Waals surface area contributed by atoms with E-state index >= 15 is 0 Å². The van der Waals surface area contributed by atoms with E-state index in [0.717, 1.165) is 45.7 Å². The van der Waals surface area contributed by atoms with Crippen molar-refractivity contribution in [3.8, 4) is 0 Å². The second-order valence-corrected chi connectivity index (χ2v) is 7.10. The van der Waals surface area contributed by atoms with Crippen LogP contribution in [0.3, 0.4) is 0 Å². The van der Waals surface area contributed by atoms with Crippen molar-refractivity contribution >= 4 is 5.97 Å². The average molecular weight is 299 g/mol. The number of nitrogens with one attached hydrogen (secondary N) is 1. The molecule has 1 atom stereocenters. The molecule has 124 valence electrons. The first-order valence-electron chi connectivity index (χ1n) is 8.04. The van der Waals surface area contributed by atoms with Gasteiger partial charge in [0.25, 0.3) is 0 Å². The third-order valence-corrected chi connectivity index (χ3v) is 4.45. The minimum absolute atomic E-state index is 0.169. The van der Waals surface area contributed by atoms with Crippen LogP contribution in [0.15, 0.2) is 0 Å². The second kappa shape index (κ2) is 7.56. The minimum Gasteiger partial charge on any atom is -0.468 e.